The van der Waals surface area contributed by atoms with Crippen LogP contribution in [0.3, 0.4) is 0 Å². The van der Waals surface area contributed by atoms with Crippen LogP contribution < -0.4 is 0 Å². The van der Waals surface area contributed by atoms with E-state index in [0.717, 1.165) is 41.6 Å². The lowest BCUT2D eigenvalue weighted by molar-refractivity contribution is -0.0291. The van der Waals surface area contributed by atoms with Crippen LogP contribution >= 0.6 is 15.9 Å². The summed E-state index contributed by atoms with van der Waals surface area (Å²) in [6.45, 7) is 2.05. The normalized spacial score (nSPS) is 29.7. The maximum Gasteiger partial charge on any atom is 0.230 e. The Labute approximate surface area is 137 Å². The highest BCUT2D eigenvalue weighted by Gasteiger charge is 2.54. The molecule has 0 unspecified atom stereocenters. The summed E-state index contributed by atoms with van der Waals surface area (Å²) in [7, 11) is 0. The molecule has 0 bridgehead atoms. The third-order valence-corrected chi connectivity index (χ3v) is 5.98. The lowest BCUT2D eigenvalue weighted by atomic mass is 9.48. The van der Waals surface area contributed by atoms with Gasteiger partial charge in [0.15, 0.2) is 0 Å². The SMILES string of the molecule is Cc1ccc(-c2noc(C3CC4(CC(C#N)C4)C3)n2)cc1Br. The van der Waals surface area contributed by atoms with Gasteiger partial charge in [-0.3, -0.25) is 0 Å². The first-order valence-corrected chi connectivity index (χ1v) is 8.38. The van der Waals surface area contributed by atoms with Crippen LogP contribution in [-0.4, -0.2) is 10.1 Å². The molecule has 0 amide bonds. The number of nitrogens with zero attached hydrogens (tertiary/aromatic N) is 3. The monoisotopic (exact) mass is 357 g/mol. The molecule has 0 N–H and O–H groups in total. The van der Waals surface area contributed by atoms with Crippen LogP contribution in [0.1, 0.15) is 43.1 Å². The molecule has 1 heterocycles. The highest BCUT2D eigenvalue weighted by Crippen LogP contribution is 2.63. The fourth-order valence-electron chi connectivity index (χ4n) is 3.82. The van der Waals surface area contributed by atoms with Crippen molar-refractivity contribution in [2.24, 2.45) is 11.3 Å². The third kappa shape index (κ3) is 2.17. The van der Waals surface area contributed by atoms with Crippen molar-refractivity contribution < 1.29 is 4.52 Å². The number of aromatic nitrogens is 2. The Morgan fingerprint density at radius 1 is 1.32 bits per heavy atom. The zero-order valence-electron chi connectivity index (χ0n) is 12.3. The first kappa shape index (κ1) is 14.0. The van der Waals surface area contributed by atoms with E-state index in [1.165, 1.54) is 5.56 Å². The van der Waals surface area contributed by atoms with Crippen molar-refractivity contribution in [1.29, 1.82) is 5.26 Å². The number of benzene rings is 1. The summed E-state index contributed by atoms with van der Waals surface area (Å²) in [4.78, 5) is 4.57. The molecule has 1 spiro atoms. The van der Waals surface area contributed by atoms with E-state index in [1.807, 2.05) is 18.2 Å². The summed E-state index contributed by atoms with van der Waals surface area (Å²) in [6, 6.07) is 8.44. The van der Waals surface area contributed by atoms with Crippen molar-refractivity contribution in [1.82, 2.24) is 10.1 Å². The Hall–Kier alpha value is -1.67. The van der Waals surface area contributed by atoms with Crippen molar-refractivity contribution >= 4 is 15.9 Å². The average molecular weight is 358 g/mol. The maximum absolute atomic E-state index is 8.90. The Morgan fingerprint density at radius 2 is 2.09 bits per heavy atom. The van der Waals surface area contributed by atoms with Gasteiger partial charge in [0.1, 0.15) is 0 Å². The van der Waals surface area contributed by atoms with Gasteiger partial charge in [-0.2, -0.15) is 10.2 Å². The van der Waals surface area contributed by atoms with Crippen LogP contribution in [0.25, 0.3) is 11.4 Å². The van der Waals surface area contributed by atoms with Crippen LogP contribution in [-0.2, 0) is 0 Å². The van der Waals surface area contributed by atoms with Crippen molar-refractivity contribution in [2.75, 3.05) is 0 Å². The molecule has 0 atom stereocenters. The molecular formula is C17H16BrN3O. The fraction of sp³-hybridized carbons (Fsp3) is 0.471. The average Bonchev–Trinajstić information content (AvgIpc) is 2.89. The van der Waals surface area contributed by atoms with Gasteiger partial charge < -0.3 is 4.52 Å². The molecule has 4 rings (SSSR count). The molecule has 5 heteroatoms. The van der Waals surface area contributed by atoms with Crippen molar-refractivity contribution in [3.63, 3.8) is 0 Å². The standard InChI is InChI=1S/C17H16BrN3O/c1-10-2-3-12(4-14(10)18)15-20-16(22-21-15)13-7-17(8-13)5-11(6-17)9-19/h2-4,11,13H,5-8H2,1H3. The lowest BCUT2D eigenvalue weighted by Gasteiger charge is -2.55. The van der Waals surface area contributed by atoms with Crippen molar-refractivity contribution in [3.8, 4) is 17.5 Å². The minimum Gasteiger partial charge on any atom is -0.339 e. The number of halogens is 1. The minimum atomic E-state index is 0.268. The summed E-state index contributed by atoms with van der Waals surface area (Å²) in [5.74, 6) is 2.04. The van der Waals surface area contributed by atoms with Crippen LogP contribution in [0.2, 0.25) is 0 Å². The van der Waals surface area contributed by atoms with E-state index < -0.39 is 0 Å². The molecule has 0 aliphatic heterocycles. The van der Waals surface area contributed by atoms with Gasteiger partial charge in [-0.15, -0.1) is 0 Å². The molecule has 0 saturated heterocycles. The topological polar surface area (TPSA) is 62.7 Å². The van der Waals surface area contributed by atoms with Gasteiger partial charge in [-0.1, -0.05) is 33.2 Å². The van der Waals surface area contributed by atoms with Crippen LogP contribution in [0.5, 0.6) is 0 Å². The molecule has 2 aromatic rings. The van der Waals surface area contributed by atoms with E-state index in [2.05, 4.69) is 39.1 Å². The van der Waals surface area contributed by atoms with E-state index in [9.17, 15) is 0 Å². The summed E-state index contributed by atoms with van der Waals surface area (Å²) in [6.07, 6.45) is 4.27. The smallest absolute Gasteiger partial charge is 0.230 e. The predicted molar refractivity (Wildman–Crippen MR) is 84.9 cm³/mol. The maximum atomic E-state index is 8.90. The summed E-state index contributed by atoms with van der Waals surface area (Å²) in [5.41, 5.74) is 2.55. The van der Waals surface area contributed by atoms with Crippen molar-refractivity contribution in [2.45, 2.75) is 38.5 Å². The second-order valence-electron chi connectivity index (χ2n) is 6.76. The lowest BCUT2D eigenvalue weighted by Crippen LogP contribution is -2.46. The highest BCUT2D eigenvalue weighted by atomic mass is 79.9. The van der Waals surface area contributed by atoms with Gasteiger partial charge in [0, 0.05) is 21.9 Å². The van der Waals surface area contributed by atoms with E-state index in [4.69, 9.17) is 9.78 Å². The van der Waals surface area contributed by atoms with Crippen LogP contribution in [0.4, 0.5) is 0 Å². The van der Waals surface area contributed by atoms with E-state index in [1.54, 1.807) is 0 Å². The van der Waals surface area contributed by atoms with Crippen LogP contribution in [0.15, 0.2) is 27.2 Å². The van der Waals surface area contributed by atoms with Crippen LogP contribution in [0, 0.1) is 29.6 Å². The van der Waals surface area contributed by atoms with E-state index >= 15 is 0 Å². The minimum absolute atomic E-state index is 0.268. The van der Waals surface area contributed by atoms with Gasteiger partial charge in [0.05, 0.1) is 6.07 Å². The molecule has 0 radical (unpaired) electrons. The number of nitriles is 1. The van der Waals surface area contributed by atoms with E-state index in [-0.39, 0.29) is 5.92 Å². The molecular weight excluding hydrogens is 342 g/mol. The number of aryl methyl sites for hydroxylation is 1. The summed E-state index contributed by atoms with van der Waals surface area (Å²) < 4.78 is 6.52. The molecule has 112 valence electrons. The van der Waals surface area contributed by atoms with Gasteiger partial charge in [0.25, 0.3) is 0 Å². The fourth-order valence-corrected chi connectivity index (χ4v) is 4.20. The Kier molecular flexibility index (Phi) is 3.12. The predicted octanol–water partition coefficient (Wildman–Crippen LogP) is 4.60. The highest BCUT2D eigenvalue weighted by molar-refractivity contribution is 9.10. The molecule has 4 nitrogen and oxygen atoms in total. The molecule has 22 heavy (non-hydrogen) atoms. The Morgan fingerprint density at radius 3 is 2.77 bits per heavy atom. The van der Waals surface area contributed by atoms with Gasteiger partial charge in [0.2, 0.25) is 11.7 Å². The van der Waals surface area contributed by atoms with Crippen molar-refractivity contribution in [3.05, 3.63) is 34.1 Å². The first-order valence-electron chi connectivity index (χ1n) is 7.58. The van der Waals surface area contributed by atoms with Gasteiger partial charge >= 0.3 is 0 Å². The van der Waals surface area contributed by atoms with Gasteiger partial charge in [-0.05, 0) is 49.7 Å². The number of rotatable bonds is 2. The third-order valence-electron chi connectivity index (χ3n) is 5.12. The summed E-state index contributed by atoms with van der Waals surface area (Å²) in [5, 5.41) is 13.0. The molecule has 2 fully saturated rings. The molecule has 2 saturated carbocycles. The zero-order chi connectivity index (χ0) is 15.3. The first-order chi connectivity index (χ1) is 10.6. The zero-order valence-corrected chi connectivity index (χ0v) is 13.9. The molecule has 1 aromatic carbocycles. The quantitative estimate of drug-likeness (QED) is 0.787. The Bertz CT molecular complexity index is 762. The summed E-state index contributed by atoms with van der Waals surface area (Å²) >= 11 is 3.54. The second-order valence-corrected chi connectivity index (χ2v) is 7.61. The number of hydrogen-bond donors (Lipinski definition) is 0. The molecule has 2 aliphatic carbocycles. The Balaban J connectivity index is 1.47. The largest absolute Gasteiger partial charge is 0.339 e. The molecule has 2 aliphatic rings. The van der Waals surface area contributed by atoms with E-state index in [0.29, 0.717) is 17.2 Å². The molecule has 1 aromatic heterocycles. The van der Waals surface area contributed by atoms with Gasteiger partial charge in [-0.25, -0.2) is 0 Å². The number of hydrogen-bond acceptors (Lipinski definition) is 4. The second kappa shape index (κ2) is 4.92.